The summed E-state index contributed by atoms with van der Waals surface area (Å²) >= 11 is 5.84. The summed E-state index contributed by atoms with van der Waals surface area (Å²) in [5.41, 5.74) is 3.41. The second kappa shape index (κ2) is 8.56. The molecule has 0 aliphatic carbocycles. The van der Waals surface area contributed by atoms with Crippen molar-refractivity contribution in [2.45, 2.75) is 20.3 Å². The summed E-state index contributed by atoms with van der Waals surface area (Å²) < 4.78 is 25.5. The van der Waals surface area contributed by atoms with Crippen LogP contribution in [0.5, 0.6) is 0 Å². The quantitative estimate of drug-likeness (QED) is 0.784. The van der Waals surface area contributed by atoms with Crippen molar-refractivity contribution < 1.29 is 13.2 Å². The van der Waals surface area contributed by atoms with Gasteiger partial charge in [0.05, 0.1) is 11.9 Å². The van der Waals surface area contributed by atoms with Gasteiger partial charge >= 0.3 is 0 Å². The standard InChI is InChI=1S/C19H23ClN2O3S/c1-14-4-9-18(15(2)12-14)22(26(3,24)25)13-19(23)21-11-10-16-5-7-17(20)8-6-16/h4-9,12H,10-11,13H2,1-3H3,(H,21,23). The van der Waals surface area contributed by atoms with Crippen molar-refractivity contribution in [3.63, 3.8) is 0 Å². The number of benzene rings is 2. The summed E-state index contributed by atoms with van der Waals surface area (Å²) in [4.78, 5) is 12.3. The number of halogens is 1. The monoisotopic (exact) mass is 394 g/mol. The first-order valence-electron chi connectivity index (χ1n) is 8.23. The van der Waals surface area contributed by atoms with Gasteiger partial charge in [0.2, 0.25) is 15.9 Å². The van der Waals surface area contributed by atoms with Crippen LogP contribution < -0.4 is 9.62 Å². The fraction of sp³-hybridized carbons (Fsp3) is 0.316. The van der Waals surface area contributed by atoms with Crippen LogP contribution in [0.1, 0.15) is 16.7 Å². The van der Waals surface area contributed by atoms with Gasteiger partial charge in [-0.25, -0.2) is 8.42 Å². The van der Waals surface area contributed by atoms with Crippen molar-refractivity contribution in [2.24, 2.45) is 0 Å². The highest BCUT2D eigenvalue weighted by molar-refractivity contribution is 7.92. The van der Waals surface area contributed by atoms with E-state index in [4.69, 9.17) is 11.6 Å². The number of nitrogens with one attached hydrogen (secondary N) is 1. The second-order valence-corrected chi connectivity index (χ2v) is 8.63. The number of nitrogens with zero attached hydrogens (tertiary/aromatic N) is 1. The number of anilines is 1. The van der Waals surface area contributed by atoms with Crippen LogP contribution in [0.25, 0.3) is 0 Å². The summed E-state index contributed by atoms with van der Waals surface area (Å²) in [6, 6.07) is 12.8. The van der Waals surface area contributed by atoms with E-state index < -0.39 is 10.0 Å². The van der Waals surface area contributed by atoms with E-state index in [9.17, 15) is 13.2 Å². The van der Waals surface area contributed by atoms with Gasteiger partial charge in [-0.1, -0.05) is 41.4 Å². The van der Waals surface area contributed by atoms with E-state index in [-0.39, 0.29) is 12.5 Å². The minimum atomic E-state index is -3.57. The lowest BCUT2D eigenvalue weighted by Crippen LogP contribution is -2.41. The van der Waals surface area contributed by atoms with Crippen LogP contribution in [0.15, 0.2) is 42.5 Å². The summed E-state index contributed by atoms with van der Waals surface area (Å²) in [7, 11) is -3.57. The first kappa shape index (κ1) is 20.3. The van der Waals surface area contributed by atoms with Gasteiger partial charge < -0.3 is 5.32 Å². The Morgan fingerprint density at radius 3 is 2.35 bits per heavy atom. The number of hydrogen-bond donors (Lipinski definition) is 1. The van der Waals surface area contributed by atoms with Gasteiger partial charge in [-0.3, -0.25) is 9.10 Å². The van der Waals surface area contributed by atoms with Crippen LogP contribution in [0.2, 0.25) is 5.02 Å². The minimum Gasteiger partial charge on any atom is -0.354 e. The normalized spacial score (nSPS) is 11.2. The molecule has 0 heterocycles. The predicted octanol–water partition coefficient (Wildman–Crippen LogP) is 3.08. The maximum Gasteiger partial charge on any atom is 0.240 e. The van der Waals surface area contributed by atoms with Gasteiger partial charge in [-0.15, -0.1) is 0 Å². The molecule has 26 heavy (non-hydrogen) atoms. The number of carbonyl (C=O) groups is 1. The number of rotatable bonds is 7. The molecular weight excluding hydrogens is 372 g/mol. The molecule has 2 rings (SSSR count). The summed E-state index contributed by atoms with van der Waals surface area (Å²) in [6.45, 7) is 3.94. The molecule has 2 aromatic carbocycles. The Balaban J connectivity index is 2.01. The highest BCUT2D eigenvalue weighted by Crippen LogP contribution is 2.23. The average molecular weight is 395 g/mol. The third-order valence-corrected chi connectivity index (χ3v) is 5.34. The Kier molecular flexibility index (Phi) is 6.67. The molecule has 1 amide bonds. The molecule has 0 aliphatic rings. The van der Waals surface area contributed by atoms with Crippen LogP contribution in [0.3, 0.4) is 0 Å². The molecule has 0 saturated carbocycles. The molecule has 0 fully saturated rings. The summed E-state index contributed by atoms with van der Waals surface area (Å²) in [5.74, 6) is -0.343. The molecule has 1 N–H and O–H groups in total. The molecule has 0 spiro atoms. The van der Waals surface area contributed by atoms with Crippen molar-refractivity contribution in [1.29, 1.82) is 0 Å². The zero-order valence-electron chi connectivity index (χ0n) is 15.1. The molecule has 0 unspecified atom stereocenters. The predicted molar refractivity (Wildman–Crippen MR) is 106 cm³/mol. The third kappa shape index (κ3) is 5.75. The van der Waals surface area contributed by atoms with Gasteiger partial charge in [0.1, 0.15) is 6.54 Å². The van der Waals surface area contributed by atoms with E-state index in [1.54, 1.807) is 18.2 Å². The number of aryl methyl sites for hydroxylation is 2. The molecule has 2 aromatic rings. The van der Waals surface area contributed by atoms with Crippen LogP contribution >= 0.6 is 11.6 Å². The summed E-state index contributed by atoms with van der Waals surface area (Å²) in [6.07, 6.45) is 1.75. The zero-order valence-corrected chi connectivity index (χ0v) is 16.7. The maximum atomic E-state index is 12.3. The molecule has 140 valence electrons. The average Bonchev–Trinajstić information content (AvgIpc) is 2.54. The molecule has 0 aliphatic heterocycles. The molecule has 0 radical (unpaired) electrons. The molecule has 0 aromatic heterocycles. The Bertz CT molecular complexity index is 880. The van der Waals surface area contributed by atoms with Gasteiger partial charge in [-0.2, -0.15) is 0 Å². The topological polar surface area (TPSA) is 66.5 Å². The molecule has 0 saturated heterocycles. The van der Waals surface area contributed by atoms with Crippen molar-refractivity contribution in [1.82, 2.24) is 5.32 Å². The minimum absolute atomic E-state index is 0.247. The third-order valence-electron chi connectivity index (χ3n) is 3.96. The fourth-order valence-corrected chi connectivity index (χ4v) is 3.69. The first-order chi connectivity index (χ1) is 12.2. The Labute approximate surface area is 160 Å². The SMILES string of the molecule is Cc1ccc(N(CC(=O)NCCc2ccc(Cl)cc2)S(C)(=O)=O)c(C)c1. The van der Waals surface area contributed by atoms with E-state index in [1.165, 1.54) is 0 Å². The largest absolute Gasteiger partial charge is 0.354 e. The maximum absolute atomic E-state index is 12.3. The lowest BCUT2D eigenvalue weighted by Gasteiger charge is -2.24. The number of carbonyl (C=O) groups excluding carboxylic acids is 1. The van der Waals surface area contributed by atoms with E-state index in [0.29, 0.717) is 23.7 Å². The van der Waals surface area contributed by atoms with Crippen molar-refractivity contribution in [2.75, 3.05) is 23.7 Å². The van der Waals surface area contributed by atoms with E-state index in [2.05, 4.69) is 5.32 Å². The van der Waals surface area contributed by atoms with Crippen molar-refractivity contribution >= 4 is 33.2 Å². The molecule has 0 atom stereocenters. The summed E-state index contributed by atoms with van der Waals surface area (Å²) in [5, 5.41) is 3.43. The number of amides is 1. The molecular formula is C19H23ClN2O3S. The molecule has 5 nitrogen and oxygen atoms in total. The van der Waals surface area contributed by atoms with Gasteiger partial charge in [0.15, 0.2) is 0 Å². The lowest BCUT2D eigenvalue weighted by atomic mass is 10.1. The van der Waals surface area contributed by atoms with Gasteiger partial charge in [0, 0.05) is 11.6 Å². The fourth-order valence-electron chi connectivity index (χ4n) is 2.65. The van der Waals surface area contributed by atoms with Crippen molar-refractivity contribution in [3.8, 4) is 0 Å². The van der Waals surface area contributed by atoms with Crippen LogP contribution in [-0.2, 0) is 21.2 Å². The smallest absolute Gasteiger partial charge is 0.240 e. The number of sulfonamides is 1. The highest BCUT2D eigenvalue weighted by atomic mass is 35.5. The van der Waals surface area contributed by atoms with Crippen LogP contribution in [-0.4, -0.2) is 33.7 Å². The zero-order chi connectivity index (χ0) is 19.3. The van der Waals surface area contributed by atoms with Gasteiger partial charge in [-0.05, 0) is 49.6 Å². The van der Waals surface area contributed by atoms with Crippen LogP contribution in [0.4, 0.5) is 5.69 Å². The first-order valence-corrected chi connectivity index (χ1v) is 10.5. The Hall–Kier alpha value is -2.05. The van der Waals surface area contributed by atoms with E-state index in [1.807, 2.05) is 38.1 Å². The number of hydrogen-bond acceptors (Lipinski definition) is 3. The van der Waals surface area contributed by atoms with Crippen molar-refractivity contribution in [3.05, 3.63) is 64.2 Å². The van der Waals surface area contributed by atoms with Gasteiger partial charge in [0.25, 0.3) is 0 Å². The Morgan fingerprint density at radius 1 is 1.12 bits per heavy atom. The second-order valence-electron chi connectivity index (χ2n) is 6.29. The molecule has 0 bridgehead atoms. The highest BCUT2D eigenvalue weighted by Gasteiger charge is 2.22. The lowest BCUT2D eigenvalue weighted by molar-refractivity contribution is -0.119. The van der Waals surface area contributed by atoms with E-state index >= 15 is 0 Å². The molecule has 7 heteroatoms. The van der Waals surface area contributed by atoms with Crippen LogP contribution in [0, 0.1) is 13.8 Å². The van der Waals surface area contributed by atoms with E-state index in [0.717, 1.165) is 27.3 Å². The Morgan fingerprint density at radius 2 is 1.77 bits per heavy atom.